The molecular formula is C25H20ClN5O3S2. The fourth-order valence-electron chi connectivity index (χ4n) is 3.39. The maximum atomic E-state index is 12.7. The van der Waals surface area contributed by atoms with E-state index >= 15 is 0 Å². The van der Waals surface area contributed by atoms with E-state index in [9.17, 15) is 4.79 Å². The standard InChI is InChI=1S/C25H20ClN5O3S2/c1-2-33-19-11-5-16(6-12-19)20-14-35-24(27-20)28-22(32)15-36-25-30-29-23(21-4-3-13-34-21)31(25)18-9-7-17(26)8-10-18/h3-14H,2,15H2,1H3,(H,27,28,32). The van der Waals surface area contributed by atoms with Crippen molar-refractivity contribution in [3.05, 3.63) is 77.3 Å². The largest absolute Gasteiger partial charge is 0.494 e. The van der Waals surface area contributed by atoms with Gasteiger partial charge in [-0.1, -0.05) is 23.4 Å². The number of anilines is 1. The maximum Gasteiger partial charge on any atom is 0.236 e. The highest BCUT2D eigenvalue weighted by Gasteiger charge is 2.19. The van der Waals surface area contributed by atoms with Crippen LogP contribution in [0.25, 0.3) is 28.5 Å². The smallest absolute Gasteiger partial charge is 0.236 e. The lowest BCUT2D eigenvalue weighted by Gasteiger charge is -2.09. The summed E-state index contributed by atoms with van der Waals surface area (Å²) in [7, 11) is 0. The van der Waals surface area contributed by atoms with Crippen LogP contribution in [0, 0.1) is 0 Å². The second kappa shape index (κ2) is 11.0. The molecule has 1 N–H and O–H groups in total. The number of nitrogens with zero attached hydrogens (tertiary/aromatic N) is 4. The minimum absolute atomic E-state index is 0.127. The van der Waals surface area contributed by atoms with Gasteiger partial charge in [0.25, 0.3) is 0 Å². The fourth-order valence-corrected chi connectivity index (χ4v) is 5.00. The lowest BCUT2D eigenvalue weighted by atomic mass is 10.2. The van der Waals surface area contributed by atoms with Crippen LogP contribution in [0.5, 0.6) is 5.75 Å². The van der Waals surface area contributed by atoms with Gasteiger partial charge < -0.3 is 14.5 Å². The Labute approximate surface area is 220 Å². The van der Waals surface area contributed by atoms with E-state index in [0.717, 1.165) is 22.7 Å². The van der Waals surface area contributed by atoms with Crippen molar-refractivity contribution in [2.24, 2.45) is 0 Å². The van der Waals surface area contributed by atoms with Gasteiger partial charge in [0.15, 0.2) is 16.0 Å². The Bertz CT molecular complexity index is 1450. The Morgan fingerprint density at radius 1 is 1.14 bits per heavy atom. The summed E-state index contributed by atoms with van der Waals surface area (Å²) in [5.41, 5.74) is 2.54. The lowest BCUT2D eigenvalue weighted by Crippen LogP contribution is -2.14. The first kappa shape index (κ1) is 24.1. The number of halogens is 1. The molecule has 182 valence electrons. The van der Waals surface area contributed by atoms with Crippen LogP contribution in [0.3, 0.4) is 0 Å². The normalized spacial score (nSPS) is 10.9. The number of amides is 1. The quantitative estimate of drug-likeness (QED) is 0.216. The molecule has 0 radical (unpaired) electrons. The predicted octanol–water partition coefficient (Wildman–Crippen LogP) is 6.43. The van der Waals surface area contributed by atoms with Crippen molar-refractivity contribution in [1.29, 1.82) is 0 Å². The van der Waals surface area contributed by atoms with E-state index in [-0.39, 0.29) is 11.7 Å². The molecule has 36 heavy (non-hydrogen) atoms. The molecule has 0 atom stereocenters. The first-order valence-electron chi connectivity index (χ1n) is 11.0. The number of nitrogens with one attached hydrogen (secondary N) is 1. The number of rotatable bonds is 9. The zero-order chi connectivity index (χ0) is 24.9. The van der Waals surface area contributed by atoms with Crippen molar-refractivity contribution in [3.63, 3.8) is 0 Å². The highest BCUT2D eigenvalue weighted by Crippen LogP contribution is 2.30. The molecule has 11 heteroatoms. The molecule has 0 saturated carbocycles. The van der Waals surface area contributed by atoms with Crippen molar-refractivity contribution in [2.45, 2.75) is 12.1 Å². The third-order valence-corrected chi connectivity index (χ3v) is 6.94. The van der Waals surface area contributed by atoms with Gasteiger partial charge in [0.1, 0.15) is 5.75 Å². The van der Waals surface area contributed by atoms with Crippen molar-refractivity contribution in [1.82, 2.24) is 19.7 Å². The second-order valence-corrected chi connectivity index (χ2v) is 9.66. The van der Waals surface area contributed by atoms with Gasteiger partial charge in [-0.25, -0.2) is 4.98 Å². The van der Waals surface area contributed by atoms with Crippen molar-refractivity contribution < 1.29 is 13.9 Å². The minimum atomic E-state index is -0.196. The van der Waals surface area contributed by atoms with Crippen LogP contribution in [0.1, 0.15) is 6.92 Å². The van der Waals surface area contributed by atoms with Gasteiger partial charge in [-0.2, -0.15) is 0 Å². The van der Waals surface area contributed by atoms with Crippen LogP contribution in [0.4, 0.5) is 5.13 Å². The minimum Gasteiger partial charge on any atom is -0.494 e. The molecule has 5 rings (SSSR count). The molecule has 5 aromatic rings. The van der Waals surface area contributed by atoms with Gasteiger partial charge in [-0.05, 0) is 67.6 Å². The molecule has 0 aliphatic heterocycles. The summed E-state index contributed by atoms with van der Waals surface area (Å²) in [5, 5.41) is 15.1. The Kier molecular flexibility index (Phi) is 7.36. The SMILES string of the molecule is CCOc1ccc(-c2csc(NC(=O)CSc3nnc(-c4ccco4)n3-c3ccc(Cl)cc3)n2)cc1. The summed E-state index contributed by atoms with van der Waals surface area (Å²) in [6.07, 6.45) is 1.58. The van der Waals surface area contributed by atoms with Crippen LogP contribution in [0.15, 0.2) is 81.9 Å². The van der Waals surface area contributed by atoms with Crippen LogP contribution >= 0.6 is 34.7 Å². The van der Waals surface area contributed by atoms with E-state index in [4.69, 9.17) is 20.8 Å². The number of carbonyl (C=O) groups is 1. The number of furan rings is 1. The Hall–Kier alpha value is -3.60. The topological polar surface area (TPSA) is 95.1 Å². The third kappa shape index (κ3) is 5.46. The molecule has 8 nitrogen and oxygen atoms in total. The molecule has 0 bridgehead atoms. The van der Waals surface area contributed by atoms with Crippen molar-refractivity contribution in [2.75, 3.05) is 17.7 Å². The second-order valence-electron chi connectivity index (χ2n) is 7.43. The maximum absolute atomic E-state index is 12.7. The van der Waals surface area contributed by atoms with Gasteiger partial charge in [0.05, 0.1) is 24.3 Å². The molecule has 0 spiro atoms. The molecule has 3 aromatic heterocycles. The van der Waals surface area contributed by atoms with E-state index in [1.165, 1.54) is 23.1 Å². The molecule has 0 aliphatic rings. The van der Waals surface area contributed by atoms with Gasteiger partial charge in [0, 0.05) is 21.7 Å². The molecule has 1 amide bonds. The van der Waals surface area contributed by atoms with Crippen LogP contribution in [0.2, 0.25) is 5.02 Å². The molecule has 3 heterocycles. The Morgan fingerprint density at radius 2 is 1.94 bits per heavy atom. The zero-order valence-electron chi connectivity index (χ0n) is 19.1. The number of benzene rings is 2. The highest BCUT2D eigenvalue weighted by molar-refractivity contribution is 7.99. The zero-order valence-corrected chi connectivity index (χ0v) is 21.4. The number of carbonyl (C=O) groups excluding carboxylic acids is 1. The van der Waals surface area contributed by atoms with E-state index in [0.29, 0.717) is 33.5 Å². The number of thioether (sulfide) groups is 1. The van der Waals surface area contributed by atoms with Crippen molar-refractivity contribution in [3.8, 4) is 34.3 Å². The number of aromatic nitrogens is 4. The average molecular weight is 538 g/mol. The van der Waals surface area contributed by atoms with Crippen molar-refractivity contribution >= 4 is 45.7 Å². The Morgan fingerprint density at radius 3 is 2.67 bits per heavy atom. The van der Waals surface area contributed by atoms with Crippen LogP contribution in [-0.2, 0) is 4.79 Å². The highest BCUT2D eigenvalue weighted by atomic mass is 35.5. The molecule has 0 fully saturated rings. The van der Waals surface area contributed by atoms with Gasteiger partial charge in [-0.15, -0.1) is 21.5 Å². The van der Waals surface area contributed by atoms with Gasteiger partial charge in [0.2, 0.25) is 11.7 Å². The third-order valence-electron chi connectivity index (χ3n) is 5.00. The molecule has 0 unspecified atom stereocenters. The number of ether oxygens (including phenoxy) is 1. The first-order valence-corrected chi connectivity index (χ1v) is 13.2. The average Bonchev–Trinajstić information content (AvgIpc) is 3.65. The monoisotopic (exact) mass is 537 g/mol. The van der Waals surface area contributed by atoms with E-state index in [2.05, 4.69) is 20.5 Å². The molecule has 0 saturated heterocycles. The molecule has 0 aliphatic carbocycles. The summed E-state index contributed by atoms with van der Waals surface area (Å²) in [6.45, 7) is 2.56. The van der Waals surface area contributed by atoms with Crippen LogP contribution < -0.4 is 10.1 Å². The van der Waals surface area contributed by atoms with E-state index in [1.807, 2.05) is 59.3 Å². The summed E-state index contributed by atoms with van der Waals surface area (Å²) in [4.78, 5) is 17.2. The number of thiazole rings is 1. The van der Waals surface area contributed by atoms with Crippen LogP contribution in [-0.4, -0.2) is 38.0 Å². The number of hydrogen-bond acceptors (Lipinski definition) is 8. The summed E-state index contributed by atoms with van der Waals surface area (Å²) >= 11 is 8.70. The first-order chi connectivity index (χ1) is 17.6. The fraction of sp³-hybridized carbons (Fsp3) is 0.120. The van der Waals surface area contributed by atoms with Gasteiger partial charge in [-0.3, -0.25) is 9.36 Å². The molecule has 2 aromatic carbocycles. The predicted molar refractivity (Wildman–Crippen MR) is 142 cm³/mol. The van der Waals surface area contributed by atoms with E-state index in [1.54, 1.807) is 24.5 Å². The molecular weight excluding hydrogens is 518 g/mol. The van der Waals surface area contributed by atoms with E-state index < -0.39 is 0 Å². The summed E-state index contributed by atoms with van der Waals surface area (Å²) in [5.74, 6) is 1.84. The number of hydrogen-bond donors (Lipinski definition) is 1. The summed E-state index contributed by atoms with van der Waals surface area (Å²) in [6, 6.07) is 18.6. The Balaban J connectivity index is 1.28. The van der Waals surface area contributed by atoms with Gasteiger partial charge >= 0.3 is 0 Å². The lowest BCUT2D eigenvalue weighted by molar-refractivity contribution is -0.113. The summed E-state index contributed by atoms with van der Waals surface area (Å²) < 4.78 is 12.8.